The number of carbonyl (C=O) groups is 3. The van der Waals surface area contributed by atoms with Gasteiger partial charge in [-0.25, -0.2) is 4.79 Å². The zero-order valence-electron chi connectivity index (χ0n) is 11.5. The lowest BCUT2D eigenvalue weighted by atomic mass is 9.92. The summed E-state index contributed by atoms with van der Waals surface area (Å²) < 4.78 is 0. The van der Waals surface area contributed by atoms with Crippen LogP contribution >= 0.6 is 0 Å². The van der Waals surface area contributed by atoms with Gasteiger partial charge >= 0.3 is 6.03 Å². The summed E-state index contributed by atoms with van der Waals surface area (Å²) in [6, 6.07) is 8.42. The molecular weight excluding hydrogens is 258 g/mol. The summed E-state index contributed by atoms with van der Waals surface area (Å²) in [4.78, 5) is 36.9. The minimum Gasteiger partial charge on any atom is -0.355 e. The molecular formula is C14H17N3O3. The quantitative estimate of drug-likeness (QED) is 0.789. The molecule has 6 heteroatoms. The summed E-state index contributed by atoms with van der Waals surface area (Å²) in [5.41, 5.74) is -0.429. The highest BCUT2D eigenvalue weighted by Gasteiger charge is 2.49. The number of amides is 4. The summed E-state index contributed by atoms with van der Waals surface area (Å²) in [6.45, 7) is 3.61. The molecule has 1 atom stereocenters. The molecule has 0 spiro atoms. The average molecular weight is 275 g/mol. The molecule has 1 aliphatic rings. The van der Waals surface area contributed by atoms with Crippen molar-refractivity contribution in [1.29, 1.82) is 0 Å². The van der Waals surface area contributed by atoms with E-state index in [9.17, 15) is 14.4 Å². The zero-order valence-corrected chi connectivity index (χ0v) is 11.5. The van der Waals surface area contributed by atoms with E-state index in [4.69, 9.17) is 0 Å². The van der Waals surface area contributed by atoms with Crippen LogP contribution in [0, 0.1) is 0 Å². The van der Waals surface area contributed by atoms with Gasteiger partial charge < -0.3 is 10.6 Å². The smallest absolute Gasteiger partial charge is 0.325 e. The van der Waals surface area contributed by atoms with Gasteiger partial charge in [0.1, 0.15) is 12.1 Å². The highest BCUT2D eigenvalue weighted by atomic mass is 16.2. The Morgan fingerprint density at radius 3 is 2.55 bits per heavy atom. The van der Waals surface area contributed by atoms with Crippen LogP contribution < -0.4 is 10.6 Å². The maximum atomic E-state index is 12.4. The van der Waals surface area contributed by atoms with Gasteiger partial charge in [-0.05, 0) is 19.4 Å². The molecule has 1 fully saturated rings. The van der Waals surface area contributed by atoms with Crippen LogP contribution in [-0.2, 0) is 15.1 Å². The van der Waals surface area contributed by atoms with Crippen molar-refractivity contribution >= 4 is 17.8 Å². The van der Waals surface area contributed by atoms with E-state index in [1.807, 2.05) is 6.07 Å². The summed E-state index contributed by atoms with van der Waals surface area (Å²) >= 11 is 0. The van der Waals surface area contributed by atoms with Crippen molar-refractivity contribution in [3.63, 3.8) is 0 Å². The maximum Gasteiger partial charge on any atom is 0.325 e. The normalized spacial score (nSPS) is 21.8. The van der Waals surface area contributed by atoms with Crippen molar-refractivity contribution in [1.82, 2.24) is 15.5 Å². The van der Waals surface area contributed by atoms with Crippen molar-refractivity contribution < 1.29 is 14.4 Å². The minimum absolute atomic E-state index is 0.263. The van der Waals surface area contributed by atoms with Crippen molar-refractivity contribution in [2.75, 3.05) is 13.1 Å². The van der Waals surface area contributed by atoms with Gasteiger partial charge in [-0.3, -0.25) is 14.5 Å². The average Bonchev–Trinajstić information content (AvgIpc) is 2.65. The number of carbonyl (C=O) groups excluding carboxylic acids is 3. The fourth-order valence-corrected chi connectivity index (χ4v) is 2.20. The number of hydrogen-bond donors (Lipinski definition) is 2. The van der Waals surface area contributed by atoms with Crippen LogP contribution in [0.5, 0.6) is 0 Å². The van der Waals surface area contributed by atoms with E-state index in [-0.39, 0.29) is 12.5 Å². The van der Waals surface area contributed by atoms with Gasteiger partial charge in [-0.1, -0.05) is 30.3 Å². The molecule has 2 rings (SSSR count). The molecule has 4 amide bonds. The molecule has 0 aromatic heterocycles. The second kappa shape index (κ2) is 5.32. The lowest BCUT2D eigenvalue weighted by Gasteiger charge is -2.22. The Morgan fingerprint density at radius 1 is 1.30 bits per heavy atom. The van der Waals surface area contributed by atoms with Crippen LogP contribution in [0.2, 0.25) is 0 Å². The molecule has 0 aliphatic carbocycles. The molecule has 1 saturated heterocycles. The first kappa shape index (κ1) is 14.0. The Morgan fingerprint density at radius 2 is 1.95 bits per heavy atom. The van der Waals surface area contributed by atoms with Crippen molar-refractivity contribution in [2.45, 2.75) is 19.4 Å². The Kier molecular flexibility index (Phi) is 3.74. The largest absolute Gasteiger partial charge is 0.355 e. The van der Waals surface area contributed by atoms with Gasteiger partial charge in [0, 0.05) is 6.54 Å². The van der Waals surface area contributed by atoms with Gasteiger partial charge in [0.05, 0.1) is 0 Å². The number of likely N-dealkylation sites (N-methyl/N-ethyl adjacent to an activating group) is 1. The van der Waals surface area contributed by atoms with Crippen LogP contribution in [0.3, 0.4) is 0 Å². The van der Waals surface area contributed by atoms with Gasteiger partial charge in [0.15, 0.2) is 0 Å². The van der Waals surface area contributed by atoms with Crippen molar-refractivity contribution in [3.8, 4) is 0 Å². The van der Waals surface area contributed by atoms with E-state index in [0.717, 1.165) is 4.90 Å². The van der Waals surface area contributed by atoms with E-state index in [2.05, 4.69) is 10.6 Å². The summed E-state index contributed by atoms with van der Waals surface area (Å²) in [5.74, 6) is -0.770. The van der Waals surface area contributed by atoms with Crippen molar-refractivity contribution in [2.24, 2.45) is 0 Å². The first-order chi connectivity index (χ1) is 9.49. The molecule has 2 N–H and O–H groups in total. The SMILES string of the molecule is CCNC(=O)CN1C(=O)N[C@](C)(c2ccccc2)C1=O. The molecule has 0 saturated carbocycles. The van der Waals surface area contributed by atoms with E-state index in [1.165, 1.54) is 0 Å². The van der Waals surface area contributed by atoms with E-state index in [0.29, 0.717) is 12.1 Å². The maximum absolute atomic E-state index is 12.4. The predicted molar refractivity (Wildman–Crippen MR) is 72.7 cm³/mol. The van der Waals surface area contributed by atoms with E-state index >= 15 is 0 Å². The highest BCUT2D eigenvalue weighted by Crippen LogP contribution is 2.28. The molecule has 0 unspecified atom stereocenters. The Hall–Kier alpha value is -2.37. The first-order valence-corrected chi connectivity index (χ1v) is 6.45. The number of benzene rings is 1. The third-order valence-electron chi connectivity index (χ3n) is 3.30. The van der Waals surface area contributed by atoms with Gasteiger partial charge in [0.25, 0.3) is 5.91 Å². The van der Waals surface area contributed by atoms with Gasteiger partial charge in [-0.15, -0.1) is 0 Å². The van der Waals surface area contributed by atoms with Gasteiger partial charge in [0.2, 0.25) is 5.91 Å². The molecule has 1 heterocycles. The summed E-state index contributed by atoms with van der Waals surface area (Å²) in [7, 11) is 0. The van der Waals surface area contributed by atoms with Crippen LogP contribution in [0.1, 0.15) is 19.4 Å². The third-order valence-corrected chi connectivity index (χ3v) is 3.30. The predicted octanol–water partition coefficient (Wildman–Crippen LogP) is 0.590. The molecule has 0 radical (unpaired) electrons. The third kappa shape index (κ3) is 2.36. The lowest BCUT2D eigenvalue weighted by Crippen LogP contribution is -2.43. The second-order valence-corrected chi connectivity index (χ2v) is 4.77. The number of rotatable bonds is 4. The van der Waals surface area contributed by atoms with Crippen LogP contribution in [0.15, 0.2) is 30.3 Å². The number of hydrogen-bond acceptors (Lipinski definition) is 3. The molecule has 0 bridgehead atoms. The first-order valence-electron chi connectivity index (χ1n) is 6.45. The summed E-state index contributed by atoms with van der Waals surface area (Å²) in [5, 5.41) is 5.22. The number of imide groups is 1. The van der Waals surface area contributed by atoms with Gasteiger partial charge in [-0.2, -0.15) is 0 Å². The Bertz CT molecular complexity index is 544. The molecule has 6 nitrogen and oxygen atoms in total. The topological polar surface area (TPSA) is 78.5 Å². The summed E-state index contributed by atoms with van der Waals surface area (Å²) in [6.07, 6.45) is 0. The molecule has 1 aromatic carbocycles. The fourth-order valence-electron chi connectivity index (χ4n) is 2.20. The Labute approximate surface area is 117 Å². The standard InChI is InChI=1S/C14H17N3O3/c1-3-15-11(18)9-17-12(19)14(2,16-13(17)20)10-7-5-4-6-8-10/h4-8H,3,9H2,1-2H3,(H,15,18)(H,16,20)/t14-/m1/s1. The van der Waals surface area contributed by atoms with Crippen molar-refractivity contribution in [3.05, 3.63) is 35.9 Å². The number of nitrogens with zero attached hydrogens (tertiary/aromatic N) is 1. The fraction of sp³-hybridized carbons (Fsp3) is 0.357. The van der Waals surface area contributed by atoms with E-state index in [1.54, 1.807) is 38.1 Å². The Balaban J connectivity index is 2.22. The molecule has 1 aromatic rings. The number of urea groups is 1. The molecule has 106 valence electrons. The van der Waals surface area contributed by atoms with E-state index < -0.39 is 17.5 Å². The lowest BCUT2D eigenvalue weighted by molar-refractivity contribution is -0.134. The van der Waals surface area contributed by atoms with Crippen LogP contribution in [0.25, 0.3) is 0 Å². The highest BCUT2D eigenvalue weighted by molar-refractivity contribution is 6.09. The molecule has 1 aliphatic heterocycles. The van der Waals surface area contributed by atoms with Crippen LogP contribution in [0.4, 0.5) is 4.79 Å². The minimum atomic E-state index is -1.12. The van der Waals surface area contributed by atoms with Crippen LogP contribution in [-0.4, -0.2) is 35.8 Å². The monoisotopic (exact) mass is 275 g/mol. The second-order valence-electron chi connectivity index (χ2n) is 4.77. The molecule has 20 heavy (non-hydrogen) atoms. The zero-order chi connectivity index (χ0) is 14.8. The number of nitrogens with one attached hydrogen (secondary N) is 2.